The summed E-state index contributed by atoms with van der Waals surface area (Å²) < 4.78 is 82.5. The Morgan fingerprint density at radius 2 is 1.96 bits per heavy atom. The summed E-state index contributed by atoms with van der Waals surface area (Å²) >= 11 is 6.39. The van der Waals surface area contributed by atoms with Gasteiger partial charge in [0.25, 0.3) is 5.91 Å². The molecule has 6 rings (SSSR count). The minimum absolute atomic E-state index is 0.0324. The molecule has 7 nitrogen and oxygen atoms in total. The molecule has 2 bridgehead atoms. The molecule has 2 aliphatic heterocycles. The quantitative estimate of drug-likeness (QED) is 0.334. The van der Waals surface area contributed by atoms with E-state index in [-0.39, 0.29) is 29.2 Å². The number of methoxy groups -OCH3 is 1. The van der Waals surface area contributed by atoms with Crippen LogP contribution >= 0.6 is 11.6 Å². The number of hydrogen-bond donors (Lipinski definition) is 1. The van der Waals surface area contributed by atoms with Gasteiger partial charge in [-0.2, -0.15) is 13.2 Å². The number of hydrogen-bond acceptors (Lipinski definition) is 6. The van der Waals surface area contributed by atoms with E-state index in [1.807, 2.05) is 29.9 Å². The van der Waals surface area contributed by atoms with Gasteiger partial charge in [-0.05, 0) is 105 Å². The molecule has 0 unspecified atom stereocenters. The summed E-state index contributed by atoms with van der Waals surface area (Å²) in [6, 6.07) is 10.8. The number of nitrogens with zero attached hydrogens (tertiary/aromatic N) is 1. The fourth-order valence-electron chi connectivity index (χ4n) is 8.20. The molecule has 2 aromatic rings. The molecule has 4 aliphatic rings. The standard InChI is InChI=1S/C35H42ClF3N2O5S/c1-22-6-4-14-33(2,45-3)27-11-8-25(27)19-41-20-34(15-5-7-23-16-26(36)10-12-28(23)34)21-46-30-13-9-24(17-29(30)41)32(42)40-47(43,44)31(22)18-35(37,38)39/h4,9-10,12-14,16-17,22,25,27,31H,5-8,11,15,18-21H2,1-3H3,(H,40,42)/b14-4-/t22-,25-,27+,31-,33+,34-/m0/s1. The van der Waals surface area contributed by atoms with E-state index in [4.69, 9.17) is 21.1 Å². The van der Waals surface area contributed by atoms with E-state index in [9.17, 15) is 26.4 Å². The predicted molar refractivity (Wildman–Crippen MR) is 176 cm³/mol. The van der Waals surface area contributed by atoms with Crippen LogP contribution in [0, 0.1) is 17.8 Å². The van der Waals surface area contributed by atoms with E-state index < -0.39 is 45.3 Å². The number of carbonyl (C=O) groups excluding carboxylic acids is 1. The molecule has 12 heteroatoms. The lowest BCUT2D eigenvalue weighted by molar-refractivity contribution is -0.136. The van der Waals surface area contributed by atoms with Gasteiger partial charge in [0.2, 0.25) is 10.0 Å². The van der Waals surface area contributed by atoms with Crippen molar-refractivity contribution in [3.63, 3.8) is 0 Å². The van der Waals surface area contributed by atoms with Gasteiger partial charge in [0, 0.05) is 36.2 Å². The fourth-order valence-corrected chi connectivity index (χ4v) is 10.1. The van der Waals surface area contributed by atoms with Gasteiger partial charge < -0.3 is 14.4 Å². The topological polar surface area (TPSA) is 84.9 Å². The van der Waals surface area contributed by atoms with Gasteiger partial charge in [0.1, 0.15) is 5.75 Å². The zero-order valence-corrected chi connectivity index (χ0v) is 28.5. The maximum absolute atomic E-state index is 13.7. The van der Waals surface area contributed by atoms with E-state index in [2.05, 4.69) is 11.0 Å². The van der Waals surface area contributed by atoms with Gasteiger partial charge in [0.05, 0.1) is 29.6 Å². The first-order chi connectivity index (χ1) is 22.1. The molecule has 0 saturated heterocycles. The summed E-state index contributed by atoms with van der Waals surface area (Å²) in [5, 5.41) is -1.18. The summed E-state index contributed by atoms with van der Waals surface area (Å²) in [5.41, 5.74) is 2.02. The molecule has 1 amide bonds. The number of alkyl halides is 3. The molecule has 0 aromatic heterocycles. The van der Waals surface area contributed by atoms with Gasteiger partial charge in [-0.15, -0.1) is 0 Å². The zero-order valence-electron chi connectivity index (χ0n) is 26.9. The molecule has 1 spiro atoms. The van der Waals surface area contributed by atoms with Crippen molar-refractivity contribution in [3.8, 4) is 5.75 Å². The lowest BCUT2D eigenvalue weighted by Crippen LogP contribution is -2.52. The molecule has 0 radical (unpaired) electrons. The molecule has 256 valence electrons. The Bertz CT molecular complexity index is 1670. The Kier molecular flexibility index (Phi) is 9.15. The molecule has 2 aromatic carbocycles. The van der Waals surface area contributed by atoms with E-state index in [0.29, 0.717) is 36.2 Å². The van der Waals surface area contributed by atoms with Gasteiger partial charge in [0.15, 0.2) is 0 Å². The van der Waals surface area contributed by atoms with E-state index in [1.54, 1.807) is 25.3 Å². The molecule has 1 fully saturated rings. The van der Waals surface area contributed by atoms with Crippen LogP contribution in [-0.4, -0.2) is 58.2 Å². The first kappa shape index (κ1) is 34.1. The third-order valence-electron chi connectivity index (χ3n) is 11.0. The lowest BCUT2D eigenvalue weighted by Gasteiger charge is -2.49. The highest BCUT2D eigenvalue weighted by Crippen LogP contribution is 2.49. The van der Waals surface area contributed by atoms with Crippen LogP contribution in [0.25, 0.3) is 0 Å². The van der Waals surface area contributed by atoms with Crippen LogP contribution in [0.1, 0.15) is 73.9 Å². The minimum Gasteiger partial charge on any atom is -0.490 e. The van der Waals surface area contributed by atoms with Gasteiger partial charge >= 0.3 is 6.18 Å². The highest BCUT2D eigenvalue weighted by Gasteiger charge is 2.48. The number of rotatable bonds is 2. The summed E-state index contributed by atoms with van der Waals surface area (Å²) in [4.78, 5) is 15.7. The largest absolute Gasteiger partial charge is 0.490 e. The number of ether oxygens (including phenoxy) is 2. The molecule has 6 atom stereocenters. The number of benzene rings is 2. The molecule has 2 aliphatic carbocycles. The Balaban J connectivity index is 1.45. The summed E-state index contributed by atoms with van der Waals surface area (Å²) in [6.45, 7) is 5.12. The lowest BCUT2D eigenvalue weighted by atomic mass is 9.64. The van der Waals surface area contributed by atoms with Crippen molar-refractivity contribution in [2.75, 3.05) is 31.7 Å². The van der Waals surface area contributed by atoms with Crippen molar-refractivity contribution in [1.29, 1.82) is 0 Å². The Morgan fingerprint density at radius 3 is 2.66 bits per heavy atom. The Labute approximate surface area is 279 Å². The third kappa shape index (κ3) is 6.77. The highest BCUT2D eigenvalue weighted by atomic mass is 35.5. The number of halogens is 4. The normalized spacial score (nSPS) is 33.0. The maximum atomic E-state index is 13.7. The van der Waals surface area contributed by atoms with Crippen molar-refractivity contribution in [3.05, 3.63) is 70.3 Å². The average Bonchev–Trinajstić information content (AvgIpc) is 3.13. The number of allylic oxidation sites excluding steroid dienone is 1. The minimum atomic E-state index is -4.75. The fraction of sp³-hybridized carbons (Fsp3) is 0.571. The number of amides is 1. The second-order valence-corrected chi connectivity index (χ2v) is 16.4. The summed E-state index contributed by atoms with van der Waals surface area (Å²) in [7, 11) is -3.08. The smallest absolute Gasteiger partial charge is 0.390 e. The second-order valence-electron chi connectivity index (χ2n) is 14.1. The number of fused-ring (bicyclic) bond motifs is 4. The SMILES string of the molecule is CO[C@]1(C)/C=C\C[C@H](C)[C@H](CC(F)(F)F)S(=O)(=O)NC(=O)c2ccc3c(c2)N(C[C@@H]2CC[C@H]21)C[C@@]1(CCCc2cc(Cl)ccc21)CO3. The molecular formula is C35H42ClF3N2O5S. The van der Waals surface area contributed by atoms with Gasteiger partial charge in [-0.25, -0.2) is 13.1 Å². The predicted octanol–water partition coefficient (Wildman–Crippen LogP) is 7.22. The van der Waals surface area contributed by atoms with Crippen LogP contribution in [0.15, 0.2) is 48.6 Å². The molecule has 47 heavy (non-hydrogen) atoms. The van der Waals surface area contributed by atoms with Gasteiger partial charge in [-0.3, -0.25) is 4.79 Å². The number of carbonyl (C=O) groups is 1. The van der Waals surface area contributed by atoms with Crippen molar-refractivity contribution < 1.29 is 35.9 Å². The number of sulfonamides is 1. The number of aryl methyl sites for hydroxylation is 1. The number of anilines is 1. The van der Waals surface area contributed by atoms with Crippen molar-refractivity contribution in [2.45, 2.75) is 81.2 Å². The van der Waals surface area contributed by atoms with Crippen LogP contribution in [0.4, 0.5) is 18.9 Å². The Hall–Kier alpha value is -2.76. The van der Waals surface area contributed by atoms with Crippen molar-refractivity contribution in [1.82, 2.24) is 4.72 Å². The first-order valence-electron chi connectivity index (χ1n) is 16.3. The van der Waals surface area contributed by atoms with Crippen LogP contribution < -0.4 is 14.4 Å². The van der Waals surface area contributed by atoms with E-state index in [0.717, 1.165) is 32.1 Å². The summed E-state index contributed by atoms with van der Waals surface area (Å²) in [6.07, 6.45) is 2.00. The molecule has 1 N–H and O–H groups in total. The summed E-state index contributed by atoms with van der Waals surface area (Å²) in [5.74, 6) is -0.988. The first-order valence-corrected chi connectivity index (χ1v) is 18.2. The van der Waals surface area contributed by atoms with Gasteiger partial charge in [-0.1, -0.05) is 36.7 Å². The zero-order chi connectivity index (χ0) is 33.8. The monoisotopic (exact) mass is 694 g/mol. The van der Waals surface area contributed by atoms with Crippen LogP contribution in [0.2, 0.25) is 5.02 Å². The van der Waals surface area contributed by atoms with E-state index in [1.165, 1.54) is 24.1 Å². The van der Waals surface area contributed by atoms with Crippen LogP contribution in [-0.2, 0) is 26.6 Å². The van der Waals surface area contributed by atoms with Crippen LogP contribution in [0.5, 0.6) is 5.75 Å². The third-order valence-corrected chi connectivity index (χ3v) is 13.1. The Morgan fingerprint density at radius 1 is 1.17 bits per heavy atom. The molecular weight excluding hydrogens is 653 g/mol. The molecule has 2 heterocycles. The van der Waals surface area contributed by atoms with E-state index >= 15 is 0 Å². The van der Waals surface area contributed by atoms with Crippen molar-refractivity contribution >= 4 is 33.2 Å². The maximum Gasteiger partial charge on any atom is 0.390 e. The van der Waals surface area contributed by atoms with Crippen molar-refractivity contribution in [2.24, 2.45) is 17.8 Å². The van der Waals surface area contributed by atoms with Crippen LogP contribution in [0.3, 0.4) is 0 Å². The molecule has 1 saturated carbocycles. The second kappa shape index (κ2) is 12.6. The number of nitrogens with one attached hydrogen (secondary N) is 1. The average molecular weight is 695 g/mol. The highest BCUT2D eigenvalue weighted by molar-refractivity contribution is 7.90.